The lowest BCUT2D eigenvalue weighted by Crippen LogP contribution is -2.44. The fourth-order valence-corrected chi connectivity index (χ4v) is 3.37. The van der Waals surface area contributed by atoms with Gasteiger partial charge in [-0.1, -0.05) is 46.5 Å². The molecule has 1 aliphatic rings. The minimum Gasteiger partial charge on any atom is -0.468 e. The number of hydrogen-bond donors (Lipinski definition) is 1. The smallest absolute Gasteiger partial charge is 0.322 e. The van der Waals surface area contributed by atoms with Crippen LogP contribution >= 0.6 is 0 Å². The molecular weight excluding hydrogens is 250 g/mol. The number of carbonyl (C=O) groups excluding carboxylic acids is 1. The molecule has 0 bridgehead atoms. The fourth-order valence-electron chi connectivity index (χ4n) is 3.37. The highest BCUT2D eigenvalue weighted by Crippen LogP contribution is 2.27. The predicted octanol–water partition coefficient (Wildman–Crippen LogP) is 3.91. The molecule has 1 N–H and O–H groups in total. The molecule has 3 unspecified atom stereocenters. The van der Waals surface area contributed by atoms with Crippen molar-refractivity contribution in [2.75, 3.05) is 7.11 Å². The standard InChI is InChI=1S/C17H33NO2/c1-5-7-14-8-6-9-15(11-10-14)18-16(12-13(2)3)17(19)20-4/h13-16,18H,5-12H2,1-4H3. The van der Waals surface area contributed by atoms with Gasteiger partial charge in [0.15, 0.2) is 0 Å². The summed E-state index contributed by atoms with van der Waals surface area (Å²) in [6.07, 6.45) is 9.88. The van der Waals surface area contributed by atoms with Crippen molar-refractivity contribution in [3.05, 3.63) is 0 Å². The molecule has 0 aromatic carbocycles. The van der Waals surface area contributed by atoms with E-state index in [2.05, 4.69) is 26.1 Å². The molecule has 1 aliphatic carbocycles. The Morgan fingerprint density at radius 1 is 1.25 bits per heavy atom. The van der Waals surface area contributed by atoms with Crippen molar-refractivity contribution in [3.8, 4) is 0 Å². The summed E-state index contributed by atoms with van der Waals surface area (Å²) in [7, 11) is 1.49. The predicted molar refractivity (Wildman–Crippen MR) is 83.7 cm³/mol. The maximum Gasteiger partial charge on any atom is 0.322 e. The molecule has 1 fully saturated rings. The number of hydrogen-bond acceptors (Lipinski definition) is 3. The van der Waals surface area contributed by atoms with E-state index in [0.717, 1.165) is 12.3 Å². The molecule has 1 rings (SSSR count). The second-order valence-corrected chi connectivity index (χ2v) is 6.73. The first-order chi connectivity index (χ1) is 9.56. The maximum atomic E-state index is 11.9. The van der Waals surface area contributed by atoms with Gasteiger partial charge in [0.1, 0.15) is 6.04 Å². The fraction of sp³-hybridized carbons (Fsp3) is 0.941. The molecule has 1 saturated carbocycles. The number of carbonyl (C=O) groups is 1. The third kappa shape index (κ3) is 6.25. The van der Waals surface area contributed by atoms with Crippen LogP contribution in [0.1, 0.15) is 72.1 Å². The summed E-state index contributed by atoms with van der Waals surface area (Å²) in [4.78, 5) is 11.9. The molecule has 3 atom stereocenters. The van der Waals surface area contributed by atoms with Gasteiger partial charge in [-0.15, -0.1) is 0 Å². The van der Waals surface area contributed by atoms with Crippen LogP contribution in [0.4, 0.5) is 0 Å². The zero-order chi connectivity index (χ0) is 15.0. The van der Waals surface area contributed by atoms with Gasteiger partial charge in [-0.2, -0.15) is 0 Å². The Bertz CT molecular complexity index is 278. The SMILES string of the molecule is CCCC1CCCC(NC(CC(C)C)C(=O)OC)CC1. The topological polar surface area (TPSA) is 38.3 Å². The van der Waals surface area contributed by atoms with Crippen molar-refractivity contribution in [1.29, 1.82) is 0 Å². The Morgan fingerprint density at radius 2 is 2.00 bits per heavy atom. The van der Waals surface area contributed by atoms with E-state index in [-0.39, 0.29) is 12.0 Å². The Hall–Kier alpha value is -0.570. The van der Waals surface area contributed by atoms with E-state index in [0.29, 0.717) is 12.0 Å². The second-order valence-electron chi connectivity index (χ2n) is 6.73. The second kappa shape index (κ2) is 9.38. The van der Waals surface area contributed by atoms with Gasteiger partial charge in [0.25, 0.3) is 0 Å². The average molecular weight is 283 g/mol. The summed E-state index contributed by atoms with van der Waals surface area (Å²) in [5.74, 6) is 1.30. The molecule has 0 spiro atoms. The van der Waals surface area contributed by atoms with Crippen molar-refractivity contribution < 1.29 is 9.53 Å². The van der Waals surface area contributed by atoms with Crippen LogP contribution in [0, 0.1) is 11.8 Å². The quantitative estimate of drug-likeness (QED) is 0.568. The van der Waals surface area contributed by atoms with Crippen molar-refractivity contribution in [3.63, 3.8) is 0 Å². The average Bonchev–Trinajstić information content (AvgIpc) is 2.63. The van der Waals surface area contributed by atoms with Gasteiger partial charge in [0.2, 0.25) is 0 Å². The van der Waals surface area contributed by atoms with Crippen LogP contribution in [0.25, 0.3) is 0 Å². The molecule has 0 aliphatic heterocycles. The Labute approximate surface area is 124 Å². The van der Waals surface area contributed by atoms with Crippen molar-refractivity contribution >= 4 is 5.97 Å². The molecule has 20 heavy (non-hydrogen) atoms. The molecule has 0 aromatic heterocycles. The van der Waals surface area contributed by atoms with Crippen molar-refractivity contribution in [2.24, 2.45) is 11.8 Å². The van der Waals surface area contributed by atoms with Crippen molar-refractivity contribution in [2.45, 2.75) is 84.2 Å². The van der Waals surface area contributed by atoms with Crippen LogP contribution in [-0.4, -0.2) is 25.2 Å². The normalized spacial score (nSPS) is 25.2. The summed E-state index contributed by atoms with van der Waals surface area (Å²) in [5, 5.41) is 3.57. The molecule has 0 amide bonds. The minimum absolute atomic E-state index is 0.104. The summed E-state index contributed by atoms with van der Waals surface area (Å²) < 4.78 is 4.94. The van der Waals surface area contributed by atoms with Crippen LogP contribution in [0.5, 0.6) is 0 Å². The highest BCUT2D eigenvalue weighted by atomic mass is 16.5. The van der Waals surface area contributed by atoms with E-state index >= 15 is 0 Å². The summed E-state index contributed by atoms with van der Waals surface area (Å²) in [6, 6.07) is 0.354. The molecular formula is C17H33NO2. The van der Waals surface area contributed by atoms with Gasteiger partial charge in [-0.3, -0.25) is 4.79 Å². The molecule has 3 heteroatoms. The van der Waals surface area contributed by atoms with Crippen LogP contribution in [0.15, 0.2) is 0 Å². The zero-order valence-corrected chi connectivity index (χ0v) is 13.8. The van der Waals surface area contributed by atoms with Crippen LogP contribution in [0.3, 0.4) is 0 Å². The molecule has 0 radical (unpaired) electrons. The van der Waals surface area contributed by atoms with Crippen LogP contribution < -0.4 is 5.32 Å². The lowest BCUT2D eigenvalue weighted by molar-refractivity contribution is -0.143. The van der Waals surface area contributed by atoms with Gasteiger partial charge < -0.3 is 10.1 Å². The largest absolute Gasteiger partial charge is 0.468 e. The lowest BCUT2D eigenvalue weighted by Gasteiger charge is -2.24. The monoisotopic (exact) mass is 283 g/mol. The van der Waals surface area contributed by atoms with E-state index in [4.69, 9.17) is 4.74 Å². The summed E-state index contributed by atoms with van der Waals surface area (Å²) in [6.45, 7) is 6.58. The number of methoxy groups -OCH3 is 1. The third-order valence-electron chi connectivity index (χ3n) is 4.41. The van der Waals surface area contributed by atoms with Gasteiger partial charge >= 0.3 is 5.97 Å². The molecule has 0 aromatic rings. The summed E-state index contributed by atoms with van der Waals surface area (Å²) >= 11 is 0. The first-order valence-corrected chi connectivity index (χ1v) is 8.40. The lowest BCUT2D eigenvalue weighted by atomic mass is 9.95. The summed E-state index contributed by atoms with van der Waals surface area (Å²) in [5.41, 5.74) is 0. The third-order valence-corrected chi connectivity index (χ3v) is 4.41. The van der Waals surface area contributed by atoms with Crippen molar-refractivity contribution in [1.82, 2.24) is 5.32 Å². The van der Waals surface area contributed by atoms with Gasteiger partial charge in [0, 0.05) is 6.04 Å². The maximum absolute atomic E-state index is 11.9. The van der Waals surface area contributed by atoms with Gasteiger partial charge in [-0.05, 0) is 37.5 Å². The molecule has 3 nitrogen and oxygen atoms in total. The van der Waals surface area contributed by atoms with E-state index in [9.17, 15) is 4.79 Å². The number of esters is 1. The van der Waals surface area contributed by atoms with E-state index < -0.39 is 0 Å². The minimum atomic E-state index is -0.132. The van der Waals surface area contributed by atoms with E-state index in [1.807, 2.05) is 0 Å². The number of ether oxygens (including phenoxy) is 1. The van der Waals surface area contributed by atoms with Crippen LogP contribution in [0.2, 0.25) is 0 Å². The molecule has 0 saturated heterocycles. The Morgan fingerprint density at radius 3 is 2.60 bits per heavy atom. The van der Waals surface area contributed by atoms with E-state index in [1.165, 1.54) is 52.1 Å². The van der Waals surface area contributed by atoms with Gasteiger partial charge in [-0.25, -0.2) is 0 Å². The first kappa shape index (κ1) is 17.5. The Balaban J connectivity index is 2.49. The Kier molecular flexibility index (Phi) is 8.20. The highest BCUT2D eigenvalue weighted by Gasteiger charge is 2.25. The number of nitrogens with one attached hydrogen (secondary N) is 1. The molecule has 118 valence electrons. The van der Waals surface area contributed by atoms with E-state index in [1.54, 1.807) is 0 Å². The highest BCUT2D eigenvalue weighted by molar-refractivity contribution is 5.75. The zero-order valence-electron chi connectivity index (χ0n) is 13.8. The molecule has 0 heterocycles. The van der Waals surface area contributed by atoms with Crippen LogP contribution in [-0.2, 0) is 9.53 Å². The number of rotatable bonds is 7. The first-order valence-electron chi connectivity index (χ1n) is 8.40. The van der Waals surface area contributed by atoms with Gasteiger partial charge in [0.05, 0.1) is 7.11 Å².